The van der Waals surface area contributed by atoms with Gasteiger partial charge in [0.15, 0.2) is 11.2 Å². The molecule has 0 unspecified atom stereocenters. The van der Waals surface area contributed by atoms with Crippen LogP contribution in [0.5, 0.6) is 0 Å². The van der Waals surface area contributed by atoms with Crippen molar-refractivity contribution in [2.24, 2.45) is 0 Å². The molecule has 5 aromatic rings. The van der Waals surface area contributed by atoms with Gasteiger partial charge in [-0.3, -0.25) is 9.78 Å². The zero-order valence-corrected chi connectivity index (χ0v) is 14.5. The van der Waals surface area contributed by atoms with Crippen molar-refractivity contribution in [1.82, 2.24) is 29.4 Å². The first-order valence-corrected chi connectivity index (χ1v) is 8.60. The fourth-order valence-electron chi connectivity index (χ4n) is 3.15. The normalized spacial score (nSPS) is 11.3. The van der Waals surface area contributed by atoms with Gasteiger partial charge in [0.1, 0.15) is 11.3 Å². The molecule has 7 nitrogen and oxygen atoms in total. The Morgan fingerprint density at radius 3 is 2.64 bits per heavy atom. The molecule has 0 fully saturated rings. The largest absolute Gasteiger partial charge is 0.307 e. The van der Waals surface area contributed by atoms with Crippen LogP contribution in [0.25, 0.3) is 27.8 Å². The van der Waals surface area contributed by atoms with Crippen molar-refractivity contribution in [3.8, 4) is 11.1 Å². The van der Waals surface area contributed by atoms with Gasteiger partial charge in [0.2, 0.25) is 0 Å². The van der Waals surface area contributed by atoms with Crippen molar-refractivity contribution in [2.45, 2.75) is 6.54 Å². The van der Waals surface area contributed by atoms with E-state index in [0.29, 0.717) is 23.3 Å². The van der Waals surface area contributed by atoms with E-state index in [1.807, 2.05) is 18.2 Å². The molecule has 0 aliphatic rings. The fourth-order valence-corrected chi connectivity index (χ4v) is 3.15. The van der Waals surface area contributed by atoms with Crippen LogP contribution in [0.4, 0.5) is 4.39 Å². The van der Waals surface area contributed by atoms with E-state index in [1.54, 1.807) is 41.3 Å². The number of hydrogen-bond donors (Lipinski definition) is 0. The molecule has 136 valence electrons. The highest BCUT2D eigenvalue weighted by molar-refractivity contribution is 5.82. The van der Waals surface area contributed by atoms with E-state index in [0.717, 1.165) is 11.3 Å². The second-order valence-electron chi connectivity index (χ2n) is 6.30. The number of nitrogens with zero attached hydrogens (tertiary/aromatic N) is 6. The minimum absolute atomic E-state index is 0.222. The van der Waals surface area contributed by atoms with Crippen molar-refractivity contribution in [3.05, 3.63) is 89.0 Å². The lowest BCUT2D eigenvalue weighted by molar-refractivity contribution is 0.628. The third kappa shape index (κ3) is 2.62. The molecule has 1 aromatic carbocycles. The van der Waals surface area contributed by atoms with Gasteiger partial charge < -0.3 is 4.57 Å². The van der Waals surface area contributed by atoms with Crippen molar-refractivity contribution in [2.75, 3.05) is 0 Å². The first-order chi connectivity index (χ1) is 13.7. The lowest BCUT2D eigenvalue weighted by atomic mass is 10.1. The third-order valence-electron chi connectivity index (χ3n) is 4.55. The first kappa shape index (κ1) is 16.2. The molecule has 0 bridgehead atoms. The van der Waals surface area contributed by atoms with E-state index in [4.69, 9.17) is 0 Å². The number of benzene rings is 1. The summed E-state index contributed by atoms with van der Waals surface area (Å²) < 4.78 is 16.3. The van der Waals surface area contributed by atoms with Crippen molar-refractivity contribution < 1.29 is 4.39 Å². The fraction of sp³-hybridized carbons (Fsp3) is 0.0500. The Balaban J connectivity index is 1.64. The zero-order chi connectivity index (χ0) is 19.1. The number of rotatable bonds is 3. The summed E-state index contributed by atoms with van der Waals surface area (Å²) >= 11 is 0. The molecular formula is C20H13FN6O. The van der Waals surface area contributed by atoms with Crippen LogP contribution < -0.4 is 5.56 Å². The highest BCUT2D eigenvalue weighted by Crippen LogP contribution is 2.24. The lowest BCUT2D eigenvalue weighted by Gasteiger charge is -2.07. The van der Waals surface area contributed by atoms with Gasteiger partial charge in [0.05, 0.1) is 18.4 Å². The van der Waals surface area contributed by atoms with Crippen LogP contribution >= 0.6 is 0 Å². The highest BCUT2D eigenvalue weighted by atomic mass is 19.1. The maximum atomic E-state index is 13.2. The Morgan fingerprint density at radius 2 is 1.86 bits per heavy atom. The summed E-state index contributed by atoms with van der Waals surface area (Å²) in [5.41, 5.74) is 3.27. The first-order valence-electron chi connectivity index (χ1n) is 8.60. The summed E-state index contributed by atoms with van der Waals surface area (Å²) in [7, 11) is 0. The van der Waals surface area contributed by atoms with Crippen molar-refractivity contribution >= 4 is 16.7 Å². The van der Waals surface area contributed by atoms with Gasteiger partial charge in [0.25, 0.3) is 5.56 Å². The van der Waals surface area contributed by atoms with Gasteiger partial charge in [-0.15, -0.1) is 10.2 Å². The molecule has 0 spiro atoms. The predicted molar refractivity (Wildman–Crippen MR) is 101 cm³/mol. The average Bonchev–Trinajstić information content (AvgIpc) is 3.16. The van der Waals surface area contributed by atoms with Crippen LogP contribution in [-0.2, 0) is 6.54 Å². The second-order valence-corrected chi connectivity index (χ2v) is 6.30. The standard InChI is InChI=1S/C20H13FN6O/c21-14-6-4-13(5-7-14)16-11-23-27-17-8-10-26(12-15-3-1-2-9-22-15)20(28)18(17)24-25-19(16)27/h1-11H,12H2. The van der Waals surface area contributed by atoms with E-state index in [2.05, 4.69) is 20.3 Å². The molecule has 0 N–H and O–H groups in total. The quantitative estimate of drug-likeness (QED) is 0.487. The molecule has 0 aliphatic carbocycles. The van der Waals surface area contributed by atoms with Crippen LogP contribution in [0.2, 0.25) is 0 Å². The van der Waals surface area contributed by atoms with Gasteiger partial charge in [0, 0.05) is 18.0 Å². The topological polar surface area (TPSA) is 78.0 Å². The summed E-state index contributed by atoms with van der Waals surface area (Å²) in [6, 6.07) is 13.4. The van der Waals surface area contributed by atoms with E-state index in [-0.39, 0.29) is 16.9 Å². The summed E-state index contributed by atoms with van der Waals surface area (Å²) in [4.78, 5) is 17.1. The van der Waals surface area contributed by atoms with Gasteiger partial charge >= 0.3 is 0 Å². The van der Waals surface area contributed by atoms with E-state index >= 15 is 0 Å². The Bertz CT molecular complexity index is 1360. The van der Waals surface area contributed by atoms with Gasteiger partial charge in [-0.2, -0.15) is 5.10 Å². The van der Waals surface area contributed by atoms with E-state index in [9.17, 15) is 9.18 Å². The third-order valence-corrected chi connectivity index (χ3v) is 4.55. The van der Waals surface area contributed by atoms with Crippen LogP contribution in [0.1, 0.15) is 5.69 Å². The SMILES string of the molecule is O=c1c2nnc3c(-c4ccc(F)cc4)cnn3c2ccn1Cc1ccccn1. The molecule has 28 heavy (non-hydrogen) atoms. The monoisotopic (exact) mass is 372 g/mol. The average molecular weight is 372 g/mol. The van der Waals surface area contributed by atoms with E-state index < -0.39 is 0 Å². The maximum Gasteiger partial charge on any atom is 0.280 e. The number of hydrogen-bond acceptors (Lipinski definition) is 5. The van der Waals surface area contributed by atoms with Crippen molar-refractivity contribution in [1.29, 1.82) is 0 Å². The molecule has 5 rings (SSSR count). The lowest BCUT2D eigenvalue weighted by Crippen LogP contribution is -2.22. The second kappa shape index (κ2) is 6.34. The molecular weight excluding hydrogens is 359 g/mol. The molecule has 4 aromatic heterocycles. The Morgan fingerprint density at radius 1 is 1.00 bits per heavy atom. The minimum Gasteiger partial charge on any atom is -0.307 e. The maximum absolute atomic E-state index is 13.2. The predicted octanol–water partition coefficient (Wildman–Crippen LogP) is 2.69. The smallest absolute Gasteiger partial charge is 0.280 e. The molecule has 8 heteroatoms. The molecule has 0 atom stereocenters. The minimum atomic E-state index is -0.315. The Hall–Kier alpha value is -3.94. The zero-order valence-electron chi connectivity index (χ0n) is 14.5. The van der Waals surface area contributed by atoms with Gasteiger partial charge in [-0.1, -0.05) is 18.2 Å². The number of aromatic nitrogens is 6. The number of fused-ring (bicyclic) bond motifs is 3. The van der Waals surface area contributed by atoms with E-state index in [1.165, 1.54) is 16.7 Å². The molecule has 0 saturated heterocycles. The molecule has 4 heterocycles. The van der Waals surface area contributed by atoms with Gasteiger partial charge in [-0.05, 0) is 35.9 Å². The van der Waals surface area contributed by atoms with Gasteiger partial charge in [-0.25, -0.2) is 8.91 Å². The summed E-state index contributed by atoms with van der Waals surface area (Å²) in [6.45, 7) is 0.343. The van der Waals surface area contributed by atoms with Crippen molar-refractivity contribution in [3.63, 3.8) is 0 Å². The van der Waals surface area contributed by atoms with Crippen LogP contribution in [-0.4, -0.2) is 29.4 Å². The Labute approximate surface area is 157 Å². The van der Waals surface area contributed by atoms with Crippen LogP contribution in [0.3, 0.4) is 0 Å². The summed E-state index contributed by atoms with van der Waals surface area (Å²) in [6.07, 6.45) is 5.02. The molecule has 0 aliphatic heterocycles. The number of halogens is 1. The Kier molecular flexibility index (Phi) is 3.68. The van der Waals surface area contributed by atoms with Crippen LogP contribution in [0.15, 0.2) is 71.9 Å². The molecule has 0 radical (unpaired) electrons. The molecule has 0 saturated carbocycles. The number of pyridine rings is 2. The highest BCUT2D eigenvalue weighted by Gasteiger charge is 2.14. The summed E-state index contributed by atoms with van der Waals surface area (Å²) in [5.74, 6) is -0.315. The molecule has 0 amide bonds. The summed E-state index contributed by atoms with van der Waals surface area (Å²) in [5, 5.41) is 12.7. The van der Waals surface area contributed by atoms with Crippen LogP contribution in [0, 0.1) is 5.82 Å².